The zero-order valence-corrected chi connectivity index (χ0v) is 8.60. The van der Waals surface area contributed by atoms with Gasteiger partial charge in [0.25, 0.3) is 0 Å². The summed E-state index contributed by atoms with van der Waals surface area (Å²) < 4.78 is 5.44. The minimum atomic E-state index is 0.282. The van der Waals surface area contributed by atoms with Gasteiger partial charge in [-0.2, -0.15) is 0 Å². The lowest BCUT2D eigenvalue weighted by Gasteiger charge is -2.14. The van der Waals surface area contributed by atoms with Crippen molar-refractivity contribution in [2.75, 3.05) is 11.9 Å². The van der Waals surface area contributed by atoms with E-state index < -0.39 is 0 Å². The molecule has 1 fully saturated rings. The predicted octanol–water partition coefficient (Wildman–Crippen LogP) is 1.44. The van der Waals surface area contributed by atoms with Gasteiger partial charge in [-0.1, -0.05) is 11.3 Å². The summed E-state index contributed by atoms with van der Waals surface area (Å²) in [7, 11) is 0. The molecule has 1 aliphatic heterocycles. The molecule has 1 aliphatic rings. The molecule has 0 aliphatic carbocycles. The van der Waals surface area contributed by atoms with Gasteiger partial charge in [-0.3, -0.25) is 0 Å². The molecule has 2 rings (SSSR count). The first-order valence-corrected chi connectivity index (χ1v) is 5.25. The fourth-order valence-electron chi connectivity index (χ4n) is 1.43. The summed E-state index contributed by atoms with van der Waals surface area (Å²) >= 11 is 1.59. The number of aromatic nitrogens is 2. The van der Waals surface area contributed by atoms with E-state index in [4.69, 9.17) is 4.74 Å². The zero-order chi connectivity index (χ0) is 9.26. The Morgan fingerprint density at radius 3 is 2.92 bits per heavy atom. The van der Waals surface area contributed by atoms with E-state index in [1.54, 1.807) is 11.3 Å². The van der Waals surface area contributed by atoms with Gasteiger partial charge in [0.1, 0.15) is 5.01 Å². The molecule has 0 aromatic carbocycles. The Hall–Kier alpha value is -0.680. The molecule has 1 saturated heterocycles. The molecule has 0 amide bonds. The maximum atomic E-state index is 5.44. The Morgan fingerprint density at radius 1 is 1.54 bits per heavy atom. The number of nitrogens with zero attached hydrogens (tertiary/aromatic N) is 2. The Morgan fingerprint density at radius 2 is 2.38 bits per heavy atom. The second-order valence-corrected chi connectivity index (χ2v) is 4.42. The van der Waals surface area contributed by atoms with Crippen LogP contribution in [0.15, 0.2) is 0 Å². The molecule has 72 valence electrons. The van der Waals surface area contributed by atoms with E-state index >= 15 is 0 Å². The zero-order valence-electron chi connectivity index (χ0n) is 7.78. The average Bonchev–Trinajstić information content (AvgIpc) is 2.64. The van der Waals surface area contributed by atoms with Crippen LogP contribution >= 0.6 is 11.3 Å². The normalized spacial score (nSPS) is 27.8. The number of hydrogen-bond donors (Lipinski definition) is 1. The monoisotopic (exact) mass is 199 g/mol. The number of aryl methyl sites for hydroxylation is 1. The predicted molar refractivity (Wildman–Crippen MR) is 52.1 cm³/mol. The topological polar surface area (TPSA) is 47.0 Å². The van der Waals surface area contributed by atoms with Crippen LogP contribution in [0.25, 0.3) is 0 Å². The van der Waals surface area contributed by atoms with Gasteiger partial charge in [-0.05, 0) is 20.3 Å². The van der Waals surface area contributed by atoms with Crippen LogP contribution in [0.2, 0.25) is 0 Å². The standard InChI is InChI=1S/C8H13N3OS/c1-5-7(3-4-12-5)9-8-11-10-6(2)13-8/h5,7H,3-4H2,1-2H3,(H,9,11). The molecule has 2 heterocycles. The van der Waals surface area contributed by atoms with Crippen LogP contribution in [0, 0.1) is 6.92 Å². The van der Waals surface area contributed by atoms with Gasteiger partial charge in [-0.25, -0.2) is 0 Å². The van der Waals surface area contributed by atoms with Crippen molar-refractivity contribution in [1.82, 2.24) is 10.2 Å². The van der Waals surface area contributed by atoms with Crippen molar-refractivity contribution in [3.63, 3.8) is 0 Å². The highest BCUT2D eigenvalue weighted by Gasteiger charge is 2.24. The van der Waals surface area contributed by atoms with Crippen LogP contribution in [0.1, 0.15) is 18.4 Å². The molecule has 13 heavy (non-hydrogen) atoms. The van der Waals surface area contributed by atoms with Crippen LogP contribution in [-0.2, 0) is 4.74 Å². The van der Waals surface area contributed by atoms with Crippen molar-refractivity contribution >= 4 is 16.5 Å². The van der Waals surface area contributed by atoms with Crippen molar-refractivity contribution in [2.24, 2.45) is 0 Å². The van der Waals surface area contributed by atoms with Crippen molar-refractivity contribution in [2.45, 2.75) is 32.4 Å². The summed E-state index contributed by atoms with van der Waals surface area (Å²) in [6, 6.07) is 0.396. The molecule has 5 heteroatoms. The highest BCUT2D eigenvalue weighted by molar-refractivity contribution is 7.15. The van der Waals surface area contributed by atoms with E-state index in [0.717, 1.165) is 23.2 Å². The Bertz CT molecular complexity index is 289. The summed E-state index contributed by atoms with van der Waals surface area (Å²) in [5.41, 5.74) is 0. The third-order valence-corrected chi connectivity index (χ3v) is 2.98. The van der Waals surface area contributed by atoms with Crippen molar-refractivity contribution in [1.29, 1.82) is 0 Å². The number of ether oxygens (including phenoxy) is 1. The van der Waals surface area contributed by atoms with Gasteiger partial charge in [0.05, 0.1) is 12.1 Å². The van der Waals surface area contributed by atoms with E-state index in [2.05, 4.69) is 22.4 Å². The highest BCUT2D eigenvalue weighted by Crippen LogP contribution is 2.20. The van der Waals surface area contributed by atoms with Gasteiger partial charge < -0.3 is 10.1 Å². The van der Waals surface area contributed by atoms with E-state index in [1.807, 2.05) is 6.92 Å². The molecule has 1 aromatic heterocycles. The number of rotatable bonds is 2. The summed E-state index contributed by atoms with van der Waals surface area (Å²) in [6.45, 7) is 4.88. The largest absolute Gasteiger partial charge is 0.376 e. The molecule has 0 radical (unpaired) electrons. The molecular formula is C8H13N3OS. The van der Waals surface area contributed by atoms with Crippen molar-refractivity contribution in [3.8, 4) is 0 Å². The van der Waals surface area contributed by atoms with E-state index in [1.165, 1.54) is 0 Å². The fraction of sp³-hybridized carbons (Fsp3) is 0.750. The summed E-state index contributed by atoms with van der Waals surface area (Å²) in [5.74, 6) is 0. The maximum Gasteiger partial charge on any atom is 0.205 e. The van der Waals surface area contributed by atoms with E-state index in [-0.39, 0.29) is 6.10 Å². The first-order chi connectivity index (χ1) is 6.25. The van der Waals surface area contributed by atoms with E-state index in [9.17, 15) is 0 Å². The number of nitrogens with one attached hydrogen (secondary N) is 1. The smallest absolute Gasteiger partial charge is 0.205 e. The van der Waals surface area contributed by atoms with Crippen LogP contribution < -0.4 is 5.32 Å². The summed E-state index contributed by atoms with van der Waals surface area (Å²) in [5, 5.41) is 13.2. The minimum Gasteiger partial charge on any atom is -0.376 e. The Kier molecular flexibility index (Phi) is 2.46. The number of anilines is 1. The quantitative estimate of drug-likeness (QED) is 0.783. The van der Waals surface area contributed by atoms with Gasteiger partial charge in [0.15, 0.2) is 0 Å². The van der Waals surface area contributed by atoms with Crippen LogP contribution in [0.5, 0.6) is 0 Å². The first-order valence-electron chi connectivity index (χ1n) is 4.44. The van der Waals surface area contributed by atoms with Crippen molar-refractivity contribution < 1.29 is 4.74 Å². The lowest BCUT2D eigenvalue weighted by atomic mass is 10.2. The maximum absolute atomic E-state index is 5.44. The SMILES string of the molecule is Cc1nnc(NC2CCOC2C)s1. The lowest BCUT2D eigenvalue weighted by molar-refractivity contribution is 0.121. The lowest BCUT2D eigenvalue weighted by Crippen LogP contribution is -2.26. The molecular weight excluding hydrogens is 186 g/mol. The molecule has 2 atom stereocenters. The average molecular weight is 199 g/mol. The minimum absolute atomic E-state index is 0.282. The molecule has 0 saturated carbocycles. The second kappa shape index (κ2) is 3.59. The highest BCUT2D eigenvalue weighted by atomic mass is 32.1. The third kappa shape index (κ3) is 1.97. The van der Waals surface area contributed by atoms with E-state index in [0.29, 0.717) is 6.04 Å². The van der Waals surface area contributed by atoms with Gasteiger partial charge in [0.2, 0.25) is 5.13 Å². The van der Waals surface area contributed by atoms with Crippen LogP contribution in [-0.4, -0.2) is 29.0 Å². The number of hydrogen-bond acceptors (Lipinski definition) is 5. The molecule has 0 spiro atoms. The summed E-state index contributed by atoms with van der Waals surface area (Å²) in [6.07, 6.45) is 1.34. The third-order valence-electron chi connectivity index (χ3n) is 2.21. The van der Waals surface area contributed by atoms with Crippen molar-refractivity contribution in [3.05, 3.63) is 5.01 Å². The molecule has 1 N–H and O–H groups in total. The molecule has 2 unspecified atom stereocenters. The van der Waals surface area contributed by atoms with Gasteiger partial charge in [-0.15, -0.1) is 10.2 Å². The molecule has 0 bridgehead atoms. The van der Waals surface area contributed by atoms with Crippen LogP contribution in [0.4, 0.5) is 5.13 Å². The Balaban J connectivity index is 1.97. The molecule has 1 aromatic rings. The summed E-state index contributed by atoms with van der Waals surface area (Å²) in [4.78, 5) is 0. The van der Waals surface area contributed by atoms with Gasteiger partial charge >= 0.3 is 0 Å². The van der Waals surface area contributed by atoms with Gasteiger partial charge in [0, 0.05) is 6.61 Å². The second-order valence-electron chi connectivity index (χ2n) is 3.24. The Labute approximate surface area is 81.3 Å². The van der Waals surface area contributed by atoms with Crippen LogP contribution in [0.3, 0.4) is 0 Å². The molecule has 4 nitrogen and oxygen atoms in total. The first kappa shape index (κ1) is 8.90. The fourth-order valence-corrected chi connectivity index (χ4v) is 2.09.